The van der Waals surface area contributed by atoms with Gasteiger partial charge in [-0.2, -0.15) is 0 Å². The van der Waals surface area contributed by atoms with Gasteiger partial charge in [0.2, 0.25) is 0 Å². The van der Waals surface area contributed by atoms with E-state index in [9.17, 15) is 4.79 Å². The number of anilines is 2. The van der Waals surface area contributed by atoms with Gasteiger partial charge in [-0.15, -0.1) is 0 Å². The first-order valence-corrected chi connectivity index (χ1v) is 12.3. The highest BCUT2D eigenvalue weighted by Gasteiger charge is 2.21. The van der Waals surface area contributed by atoms with Crippen LogP contribution in [0.25, 0.3) is 10.8 Å². The zero-order chi connectivity index (χ0) is 24.0. The Kier molecular flexibility index (Phi) is 7.30. The summed E-state index contributed by atoms with van der Waals surface area (Å²) >= 11 is 0. The summed E-state index contributed by atoms with van der Waals surface area (Å²) in [5.41, 5.74) is 1.87. The number of carbonyl (C=O) groups is 1. The van der Waals surface area contributed by atoms with Gasteiger partial charge in [0, 0.05) is 75.2 Å². The molecule has 0 radical (unpaired) electrons. The Balaban J connectivity index is 1.24. The quantitative estimate of drug-likeness (QED) is 0.563. The lowest BCUT2D eigenvalue weighted by Crippen LogP contribution is -2.46. The van der Waals surface area contributed by atoms with Gasteiger partial charge in [-0.05, 0) is 47.9 Å². The molecule has 0 aliphatic carbocycles. The number of amides is 1. The first-order chi connectivity index (χ1) is 17.2. The molecule has 2 aromatic carbocycles. The highest BCUT2D eigenvalue weighted by Crippen LogP contribution is 2.28. The van der Waals surface area contributed by atoms with Crippen molar-refractivity contribution in [2.75, 3.05) is 82.5 Å². The van der Waals surface area contributed by atoms with E-state index in [0.717, 1.165) is 81.4 Å². The molecule has 2 fully saturated rings. The van der Waals surface area contributed by atoms with E-state index in [-0.39, 0.29) is 5.91 Å². The van der Waals surface area contributed by atoms with Gasteiger partial charge in [0.25, 0.3) is 5.91 Å². The Morgan fingerprint density at radius 3 is 2.46 bits per heavy atom. The molecule has 8 nitrogen and oxygen atoms in total. The van der Waals surface area contributed by atoms with Gasteiger partial charge >= 0.3 is 0 Å². The standard InChI is InChI=1S/C27H33N5O3/c1-34-24-6-4-23(5-7-24)31-12-14-32(15-13-31)26-25-20-22(3-2-21(25)8-9-28-26)27(33)29-10-11-30-16-18-35-19-17-30/h2-9,20H,10-19H2,1H3,(H,29,33). The Labute approximate surface area is 206 Å². The van der Waals surface area contributed by atoms with Crippen molar-refractivity contribution in [3.05, 3.63) is 60.3 Å². The fourth-order valence-electron chi connectivity index (χ4n) is 4.77. The number of hydrogen-bond donors (Lipinski definition) is 1. The van der Waals surface area contributed by atoms with Crippen molar-refractivity contribution in [3.8, 4) is 5.75 Å². The maximum atomic E-state index is 12.9. The molecule has 8 heteroatoms. The van der Waals surface area contributed by atoms with Crippen LogP contribution in [0.5, 0.6) is 5.75 Å². The number of fused-ring (bicyclic) bond motifs is 1. The predicted octanol–water partition coefficient (Wildman–Crippen LogP) is 2.63. The van der Waals surface area contributed by atoms with Gasteiger partial charge in [-0.3, -0.25) is 9.69 Å². The molecule has 5 rings (SSSR count). The normalized spacial score (nSPS) is 16.9. The summed E-state index contributed by atoms with van der Waals surface area (Å²) in [5, 5.41) is 5.19. The van der Waals surface area contributed by atoms with Crippen LogP contribution in [0, 0.1) is 0 Å². The zero-order valence-electron chi connectivity index (χ0n) is 20.3. The van der Waals surface area contributed by atoms with Crippen molar-refractivity contribution >= 4 is 28.2 Å². The van der Waals surface area contributed by atoms with E-state index in [2.05, 4.69) is 32.1 Å². The number of hydrogen-bond acceptors (Lipinski definition) is 7. The number of morpholine rings is 1. The lowest BCUT2D eigenvalue weighted by molar-refractivity contribution is 0.0383. The summed E-state index contributed by atoms with van der Waals surface area (Å²) in [6.07, 6.45) is 1.86. The zero-order valence-corrected chi connectivity index (χ0v) is 20.3. The smallest absolute Gasteiger partial charge is 0.251 e. The van der Waals surface area contributed by atoms with Crippen molar-refractivity contribution in [3.63, 3.8) is 0 Å². The van der Waals surface area contributed by atoms with Crippen molar-refractivity contribution < 1.29 is 14.3 Å². The van der Waals surface area contributed by atoms with E-state index in [1.165, 1.54) is 5.69 Å². The maximum absolute atomic E-state index is 12.9. The number of methoxy groups -OCH3 is 1. The first-order valence-electron chi connectivity index (χ1n) is 12.3. The van der Waals surface area contributed by atoms with Gasteiger partial charge in [-0.25, -0.2) is 4.98 Å². The number of carbonyl (C=O) groups excluding carboxylic acids is 1. The minimum Gasteiger partial charge on any atom is -0.497 e. The monoisotopic (exact) mass is 475 g/mol. The fourth-order valence-corrected chi connectivity index (χ4v) is 4.77. The van der Waals surface area contributed by atoms with Crippen LogP contribution in [-0.4, -0.2) is 88.5 Å². The van der Waals surface area contributed by atoms with E-state index >= 15 is 0 Å². The molecule has 0 atom stereocenters. The molecule has 0 saturated carbocycles. The number of nitrogens with one attached hydrogen (secondary N) is 1. The summed E-state index contributed by atoms with van der Waals surface area (Å²) < 4.78 is 10.7. The summed E-state index contributed by atoms with van der Waals surface area (Å²) in [4.78, 5) is 24.6. The van der Waals surface area contributed by atoms with E-state index in [0.29, 0.717) is 12.1 Å². The van der Waals surface area contributed by atoms with Crippen LogP contribution in [0.4, 0.5) is 11.5 Å². The number of ether oxygens (including phenoxy) is 2. The second kappa shape index (κ2) is 10.9. The van der Waals surface area contributed by atoms with Gasteiger partial charge in [0.05, 0.1) is 20.3 Å². The van der Waals surface area contributed by atoms with Gasteiger partial charge in [-0.1, -0.05) is 6.07 Å². The third-order valence-electron chi connectivity index (χ3n) is 6.84. The summed E-state index contributed by atoms with van der Waals surface area (Å²) in [6.45, 7) is 8.41. The third-order valence-corrected chi connectivity index (χ3v) is 6.84. The second-order valence-electron chi connectivity index (χ2n) is 8.95. The number of rotatable bonds is 7. The number of benzene rings is 2. The molecule has 2 aliphatic heterocycles. The first kappa shape index (κ1) is 23.4. The SMILES string of the molecule is COc1ccc(N2CCN(c3nccc4ccc(C(=O)NCCN5CCOCC5)cc34)CC2)cc1. The number of piperazine rings is 1. The molecule has 2 aliphatic rings. The van der Waals surface area contributed by atoms with Gasteiger partial charge < -0.3 is 24.6 Å². The lowest BCUT2D eigenvalue weighted by Gasteiger charge is -2.37. The number of pyridine rings is 1. The molecule has 1 N–H and O–H groups in total. The fraction of sp³-hybridized carbons (Fsp3) is 0.407. The second-order valence-corrected chi connectivity index (χ2v) is 8.95. The minimum atomic E-state index is -0.0423. The van der Waals surface area contributed by atoms with E-state index in [4.69, 9.17) is 14.5 Å². The predicted molar refractivity (Wildman–Crippen MR) is 139 cm³/mol. The molecule has 3 heterocycles. The summed E-state index contributed by atoms with van der Waals surface area (Å²) in [6, 6.07) is 16.1. The Hall–Kier alpha value is -3.36. The molecular formula is C27H33N5O3. The maximum Gasteiger partial charge on any atom is 0.251 e. The van der Waals surface area contributed by atoms with Crippen molar-refractivity contribution in [1.29, 1.82) is 0 Å². The lowest BCUT2D eigenvalue weighted by atomic mass is 10.1. The van der Waals surface area contributed by atoms with Crippen LogP contribution >= 0.6 is 0 Å². The van der Waals surface area contributed by atoms with Crippen LogP contribution in [0.15, 0.2) is 54.7 Å². The molecule has 0 spiro atoms. The molecule has 0 bridgehead atoms. The van der Waals surface area contributed by atoms with Crippen LogP contribution in [0.2, 0.25) is 0 Å². The Morgan fingerprint density at radius 2 is 1.71 bits per heavy atom. The molecular weight excluding hydrogens is 442 g/mol. The molecule has 1 aromatic heterocycles. The third kappa shape index (κ3) is 5.49. The van der Waals surface area contributed by atoms with Gasteiger partial charge in [0.1, 0.15) is 11.6 Å². The van der Waals surface area contributed by atoms with Crippen LogP contribution in [0.3, 0.4) is 0 Å². The topological polar surface area (TPSA) is 70.2 Å². The molecule has 1 amide bonds. The highest BCUT2D eigenvalue weighted by atomic mass is 16.5. The number of nitrogens with zero attached hydrogens (tertiary/aromatic N) is 4. The minimum absolute atomic E-state index is 0.0423. The van der Waals surface area contributed by atoms with Crippen molar-refractivity contribution in [1.82, 2.24) is 15.2 Å². The molecule has 35 heavy (non-hydrogen) atoms. The highest BCUT2D eigenvalue weighted by molar-refractivity contribution is 6.01. The Morgan fingerprint density at radius 1 is 0.971 bits per heavy atom. The molecule has 0 unspecified atom stereocenters. The average Bonchev–Trinajstić information content (AvgIpc) is 2.93. The van der Waals surface area contributed by atoms with Crippen molar-refractivity contribution in [2.24, 2.45) is 0 Å². The summed E-state index contributed by atoms with van der Waals surface area (Å²) in [7, 11) is 1.69. The molecule has 184 valence electrons. The molecule has 2 saturated heterocycles. The van der Waals surface area contributed by atoms with Crippen molar-refractivity contribution in [2.45, 2.75) is 0 Å². The number of aromatic nitrogens is 1. The van der Waals surface area contributed by atoms with E-state index in [1.54, 1.807) is 7.11 Å². The van der Waals surface area contributed by atoms with Crippen LogP contribution in [0.1, 0.15) is 10.4 Å². The van der Waals surface area contributed by atoms with Crippen LogP contribution < -0.4 is 19.9 Å². The van der Waals surface area contributed by atoms with Crippen LogP contribution in [-0.2, 0) is 4.74 Å². The summed E-state index contributed by atoms with van der Waals surface area (Å²) in [5.74, 6) is 1.77. The average molecular weight is 476 g/mol. The largest absolute Gasteiger partial charge is 0.497 e. The van der Waals surface area contributed by atoms with Gasteiger partial charge in [0.15, 0.2) is 0 Å². The van der Waals surface area contributed by atoms with E-state index in [1.807, 2.05) is 42.6 Å². The van der Waals surface area contributed by atoms with E-state index < -0.39 is 0 Å². The molecule has 3 aromatic rings. The Bertz CT molecular complexity index is 1140.